The molecule has 1 unspecified atom stereocenters. The summed E-state index contributed by atoms with van der Waals surface area (Å²) in [4.78, 5) is 18.1. The lowest BCUT2D eigenvalue weighted by atomic mass is 10.1. The fourth-order valence-corrected chi connectivity index (χ4v) is 2.95. The molecule has 0 spiro atoms. The van der Waals surface area contributed by atoms with Gasteiger partial charge in [0.05, 0.1) is 22.8 Å². The molecule has 3 heterocycles. The molecule has 0 radical (unpaired) electrons. The number of rotatable bonds is 3. The minimum absolute atomic E-state index is 0.0408. The van der Waals surface area contributed by atoms with Crippen LogP contribution in [0.5, 0.6) is 0 Å². The van der Waals surface area contributed by atoms with Crippen LogP contribution in [0.15, 0.2) is 35.1 Å². The van der Waals surface area contributed by atoms with Gasteiger partial charge in [0.1, 0.15) is 5.82 Å². The van der Waals surface area contributed by atoms with Crippen LogP contribution in [0.2, 0.25) is 5.02 Å². The molecule has 1 fully saturated rings. The average molecular weight is 348 g/mol. The number of hydrogen-bond acceptors (Lipinski definition) is 5. The fourth-order valence-electron chi connectivity index (χ4n) is 2.70. The Morgan fingerprint density at radius 1 is 1.42 bits per heavy atom. The molecule has 0 saturated carbocycles. The van der Waals surface area contributed by atoms with Crippen LogP contribution in [-0.2, 0) is 4.79 Å². The van der Waals surface area contributed by atoms with Crippen LogP contribution in [0.1, 0.15) is 18.2 Å². The largest absolute Gasteiger partial charge is 0.339 e. The van der Waals surface area contributed by atoms with Gasteiger partial charge >= 0.3 is 0 Å². The Labute approximate surface area is 140 Å². The van der Waals surface area contributed by atoms with E-state index in [-0.39, 0.29) is 29.1 Å². The number of hydrogen-bond donors (Lipinski definition) is 1. The molecule has 2 aromatic heterocycles. The maximum atomic E-state index is 13.1. The molecular weight excluding hydrogens is 337 g/mol. The second kappa shape index (κ2) is 5.72. The second-order valence-corrected chi connectivity index (χ2v) is 5.85. The molecule has 0 bridgehead atoms. The van der Waals surface area contributed by atoms with E-state index in [1.165, 1.54) is 18.2 Å². The Kier molecular flexibility index (Phi) is 3.53. The minimum Gasteiger partial charge on any atom is -0.339 e. The number of anilines is 1. The van der Waals surface area contributed by atoms with E-state index < -0.39 is 5.82 Å². The van der Waals surface area contributed by atoms with Crippen molar-refractivity contribution in [2.75, 3.05) is 11.4 Å². The van der Waals surface area contributed by atoms with Gasteiger partial charge in [0.25, 0.3) is 0 Å². The maximum absolute atomic E-state index is 13.1. The molecule has 122 valence electrons. The summed E-state index contributed by atoms with van der Waals surface area (Å²) in [6, 6.07) is 3.95. The number of aromatic amines is 1. The van der Waals surface area contributed by atoms with Crippen molar-refractivity contribution in [1.82, 2.24) is 20.3 Å². The first-order valence-electron chi connectivity index (χ1n) is 7.20. The summed E-state index contributed by atoms with van der Waals surface area (Å²) >= 11 is 6.01. The summed E-state index contributed by atoms with van der Waals surface area (Å²) in [7, 11) is 0. The highest BCUT2D eigenvalue weighted by Gasteiger charge is 2.35. The third-order valence-corrected chi connectivity index (χ3v) is 4.20. The van der Waals surface area contributed by atoms with Gasteiger partial charge in [-0.1, -0.05) is 16.8 Å². The maximum Gasteiger partial charge on any atom is 0.232 e. The second-order valence-electron chi connectivity index (χ2n) is 5.44. The highest BCUT2D eigenvalue weighted by molar-refractivity contribution is 6.33. The van der Waals surface area contributed by atoms with Gasteiger partial charge in [0.15, 0.2) is 0 Å². The van der Waals surface area contributed by atoms with Crippen LogP contribution in [0.3, 0.4) is 0 Å². The van der Waals surface area contributed by atoms with Gasteiger partial charge in [-0.05, 0) is 18.2 Å². The average Bonchev–Trinajstić information content (AvgIpc) is 3.26. The van der Waals surface area contributed by atoms with Crippen molar-refractivity contribution >= 4 is 23.2 Å². The molecule has 1 N–H and O–H groups in total. The number of nitrogens with one attached hydrogen (secondary N) is 1. The first kappa shape index (κ1) is 14.8. The monoisotopic (exact) mass is 347 g/mol. The summed E-state index contributed by atoms with van der Waals surface area (Å²) in [5.41, 5.74) is 1.17. The molecule has 0 aliphatic carbocycles. The van der Waals surface area contributed by atoms with Crippen molar-refractivity contribution < 1.29 is 13.7 Å². The molecule has 1 saturated heterocycles. The van der Waals surface area contributed by atoms with E-state index in [2.05, 4.69) is 20.3 Å². The lowest BCUT2D eigenvalue weighted by Crippen LogP contribution is -2.23. The number of carbonyl (C=O) groups excluding carboxylic acids is 1. The predicted octanol–water partition coefficient (Wildman–Crippen LogP) is 2.77. The van der Waals surface area contributed by atoms with Gasteiger partial charge < -0.3 is 9.42 Å². The van der Waals surface area contributed by atoms with Gasteiger partial charge in [-0.25, -0.2) is 4.39 Å². The molecule has 1 aliphatic rings. The number of amides is 1. The van der Waals surface area contributed by atoms with Crippen LogP contribution in [0, 0.1) is 5.82 Å². The van der Waals surface area contributed by atoms with Crippen molar-refractivity contribution in [2.24, 2.45) is 0 Å². The predicted molar refractivity (Wildman–Crippen MR) is 83.0 cm³/mol. The zero-order valence-corrected chi connectivity index (χ0v) is 13.0. The Morgan fingerprint density at radius 3 is 3.04 bits per heavy atom. The van der Waals surface area contributed by atoms with E-state index in [0.717, 1.165) is 0 Å². The zero-order chi connectivity index (χ0) is 16.7. The van der Waals surface area contributed by atoms with Crippen molar-refractivity contribution in [3.63, 3.8) is 0 Å². The van der Waals surface area contributed by atoms with Gasteiger partial charge in [0, 0.05) is 24.7 Å². The van der Waals surface area contributed by atoms with Crippen LogP contribution >= 0.6 is 11.6 Å². The summed E-state index contributed by atoms with van der Waals surface area (Å²) in [6.45, 7) is 0.428. The highest BCUT2D eigenvalue weighted by Crippen LogP contribution is 2.32. The number of H-pyrrole nitrogens is 1. The number of aromatic nitrogens is 4. The van der Waals surface area contributed by atoms with Crippen molar-refractivity contribution in [3.8, 4) is 11.4 Å². The number of nitrogens with zero attached hydrogens (tertiary/aromatic N) is 4. The molecule has 1 atom stereocenters. The van der Waals surface area contributed by atoms with E-state index in [1.54, 1.807) is 17.3 Å². The normalized spacial score (nSPS) is 17.7. The van der Waals surface area contributed by atoms with Crippen molar-refractivity contribution in [1.29, 1.82) is 0 Å². The van der Waals surface area contributed by atoms with Gasteiger partial charge in [-0.3, -0.25) is 9.89 Å². The summed E-state index contributed by atoms with van der Waals surface area (Å²) in [6.07, 6.45) is 3.50. The molecular formula is C15H11ClFN5O2. The van der Waals surface area contributed by atoms with Gasteiger partial charge in [0.2, 0.25) is 17.6 Å². The van der Waals surface area contributed by atoms with Gasteiger partial charge in [-0.2, -0.15) is 10.1 Å². The van der Waals surface area contributed by atoms with Crippen LogP contribution in [-0.4, -0.2) is 32.8 Å². The Morgan fingerprint density at radius 2 is 2.29 bits per heavy atom. The molecule has 24 heavy (non-hydrogen) atoms. The van der Waals surface area contributed by atoms with E-state index >= 15 is 0 Å². The van der Waals surface area contributed by atoms with E-state index in [4.69, 9.17) is 16.1 Å². The topological polar surface area (TPSA) is 87.9 Å². The molecule has 1 amide bonds. The van der Waals surface area contributed by atoms with Crippen molar-refractivity contribution in [3.05, 3.63) is 47.3 Å². The lowest BCUT2D eigenvalue weighted by molar-refractivity contribution is -0.117. The molecule has 7 nitrogen and oxygen atoms in total. The molecule has 1 aliphatic heterocycles. The molecule has 3 aromatic rings. The molecule has 4 rings (SSSR count). The molecule has 1 aromatic carbocycles. The number of halogens is 2. The smallest absolute Gasteiger partial charge is 0.232 e. The third-order valence-electron chi connectivity index (χ3n) is 3.88. The Hall–Kier alpha value is -2.74. The molecule has 9 heteroatoms. The summed E-state index contributed by atoms with van der Waals surface area (Å²) in [5, 5.41) is 10.6. The number of carbonyl (C=O) groups is 1. The van der Waals surface area contributed by atoms with Crippen LogP contribution < -0.4 is 4.90 Å². The van der Waals surface area contributed by atoms with Crippen LogP contribution in [0.4, 0.5) is 10.1 Å². The number of benzene rings is 1. The quantitative estimate of drug-likeness (QED) is 0.787. The first-order chi connectivity index (χ1) is 11.6. The van der Waals surface area contributed by atoms with Crippen LogP contribution in [0.25, 0.3) is 11.4 Å². The third kappa shape index (κ3) is 2.54. The van der Waals surface area contributed by atoms with E-state index in [0.29, 0.717) is 23.7 Å². The Bertz CT molecular complexity index is 895. The van der Waals surface area contributed by atoms with Gasteiger partial charge in [-0.15, -0.1) is 0 Å². The SMILES string of the molecule is O=C1CC(c2nc(-c3ccc(F)cc3Cl)no2)CN1c1cn[nH]c1. The minimum atomic E-state index is -0.440. The Balaban J connectivity index is 1.58. The van der Waals surface area contributed by atoms with Crippen molar-refractivity contribution in [2.45, 2.75) is 12.3 Å². The van der Waals surface area contributed by atoms with E-state index in [1.807, 2.05) is 0 Å². The first-order valence-corrected chi connectivity index (χ1v) is 7.58. The zero-order valence-electron chi connectivity index (χ0n) is 12.2. The highest BCUT2D eigenvalue weighted by atomic mass is 35.5. The fraction of sp³-hybridized carbons (Fsp3) is 0.200. The summed E-state index contributed by atoms with van der Waals surface area (Å²) in [5.74, 6) is -0.0765. The standard InChI is InChI=1S/C15H11ClFN5O2/c16-12-4-9(17)1-2-11(12)14-20-15(24-21-14)8-3-13(23)22(7-8)10-5-18-19-6-10/h1-2,4-6,8H,3,7H2,(H,18,19). The van der Waals surface area contributed by atoms with E-state index in [9.17, 15) is 9.18 Å². The summed E-state index contributed by atoms with van der Waals surface area (Å²) < 4.78 is 18.4. The lowest BCUT2D eigenvalue weighted by Gasteiger charge is -2.12.